The molecule has 0 aliphatic carbocycles. The zero-order valence-corrected chi connectivity index (χ0v) is 14.4. The first-order chi connectivity index (χ1) is 11.0. The van der Waals surface area contributed by atoms with Crippen LogP contribution < -0.4 is 4.74 Å². The fourth-order valence-electron chi connectivity index (χ4n) is 2.48. The van der Waals surface area contributed by atoms with E-state index in [0.717, 1.165) is 22.4 Å². The summed E-state index contributed by atoms with van der Waals surface area (Å²) in [6.07, 6.45) is 0.190. The van der Waals surface area contributed by atoms with E-state index in [9.17, 15) is 4.79 Å². The average Bonchev–Trinajstić information content (AvgIpc) is 2.56. The Bertz CT molecular complexity index is 652. The Labute approximate surface area is 138 Å². The third kappa shape index (κ3) is 4.59. The Kier molecular flexibility index (Phi) is 5.80. The lowest BCUT2D eigenvalue weighted by atomic mass is 10.1. The van der Waals surface area contributed by atoms with Gasteiger partial charge in [-0.05, 0) is 43.0 Å². The molecule has 122 valence electrons. The van der Waals surface area contributed by atoms with Gasteiger partial charge in [0.15, 0.2) is 6.10 Å². The number of ether oxygens (including phenoxy) is 1. The van der Waals surface area contributed by atoms with Crippen molar-refractivity contribution in [1.82, 2.24) is 4.90 Å². The van der Waals surface area contributed by atoms with Gasteiger partial charge in [0.1, 0.15) is 5.75 Å². The second-order valence-electron chi connectivity index (χ2n) is 5.96. The largest absolute Gasteiger partial charge is 0.480 e. The van der Waals surface area contributed by atoms with Crippen molar-refractivity contribution in [1.29, 1.82) is 0 Å². The lowest BCUT2D eigenvalue weighted by Crippen LogP contribution is -2.39. The summed E-state index contributed by atoms with van der Waals surface area (Å²) < 4.78 is 6.00. The van der Waals surface area contributed by atoms with Crippen LogP contribution >= 0.6 is 0 Å². The number of aryl methyl sites for hydroxylation is 2. The van der Waals surface area contributed by atoms with Gasteiger partial charge in [0.05, 0.1) is 0 Å². The topological polar surface area (TPSA) is 29.5 Å². The molecule has 0 aliphatic heterocycles. The van der Waals surface area contributed by atoms with Gasteiger partial charge in [0, 0.05) is 13.6 Å². The number of amides is 1. The van der Waals surface area contributed by atoms with Gasteiger partial charge in [0.25, 0.3) is 5.91 Å². The van der Waals surface area contributed by atoms with Crippen LogP contribution in [0.1, 0.15) is 30.0 Å². The van der Waals surface area contributed by atoms with Crippen molar-refractivity contribution in [3.05, 3.63) is 65.2 Å². The van der Waals surface area contributed by atoms with Crippen LogP contribution in [0, 0.1) is 13.8 Å². The maximum atomic E-state index is 12.7. The van der Waals surface area contributed by atoms with Crippen molar-refractivity contribution >= 4 is 5.91 Å². The van der Waals surface area contributed by atoms with Gasteiger partial charge < -0.3 is 9.64 Å². The van der Waals surface area contributed by atoms with Crippen LogP contribution in [-0.4, -0.2) is 24.0 Å². The quantitative estimate of drug-likeness (QED) is 0.803. The first-order valence-electron chi connectivity index (χ1n) is 8.04. The number of carbonyl (C=O) groups excluding carboxylic acids is 1. The summed E-state index contributed by atoms with van der Waals surface area (Å²) in [6, 6.07) is 16.1. The molecule has 0 spiro atoms. The van der Waals surface area contributed by atoms with Crippen molar-refractivity contribution in [2.75, 3.05) is 7.05 Å². The van der Waals surface area contributed by atoms with Gasteiger partial charge >= 0.3 is 0 Å². The molecule has 1 amide bonds. The van der Waals surface area contributed by atoms with E-state index in [1.54, 1.807) is 4.90 Å². The monoisotopic (exact) mass is 311 g/mol. The maximum Gasteiger partial charge on any atom is 0.263 e. The minimum atomic E-state index is -0.454. The molecule has 0 heterocycles. The summed E-state index contributed by atoms with van der Waals surface area (Å²) in [5.41, 5.74) is 3.29. The maximum absolute atomic E-state index is 12.7. The standard InChI is InChI=1S/C20H25NO2/c1-5-18(23-19-13-15(2)11-12-16(19)3)20(22)21(4)14-17-9-7-6-8-10-17/h6-13,18H,5,14H2,1-4H3/t18-/m1/s1. The number of nitrogens with zero attached hydrogens (tertiary/aromatic N) is 1. The number of carbonyl (C=O) groups is 1. The lowest BCUT2D eigenvalue weighted by Gasteiger charge is -2.24. The van der Waals surface area contributed by atoms with Gasteiger partial charge in [-0.2, -0.15) is 0 Å². The fraction of sp³-hybridized carbons (Fsp3) is 0.350. The minimum Gasteiger partial charge on any atom is -0.480 e. The highest BCUT2D eigenvalue weighted by molar-refractivity contribution is 5.81. The number of rotatable bonds is 6. The van der Waals surface area contributed by atoms with Gasteiger partial charge in [-0.15, -0.1) is 0 Å². The van der Waals surface area contributed by atoms with E-state index >= 15 is 0 Å². The molecule has 3 heteroatoms. The molecule has 0 aliphatic rings. The molecule has 0 aromatic heterocycles. The SMILES string of the molecule is CC[C@@H](Oc1cc(C)ccc1C)C(=O)N(C)Cc1ccccc1. The van der Waals surface area contributed by atoms with Gasteiger partial charge in [-0.1, -0.05) is 49.4 Å². The highest BCUT2D eigenvalue weighted by atomic mass is 16.5. The number of likely N-dealkylation sites (N-methyl/N-ethyl adjacent to an activating group) is 1. The van der Waals surface area contributed by atoms with Crippen molar-refractivity contribution in [2.24, 2.45) is 0 Å². The van der Waals surface area contributed by atoms with Crippen LogP contribution in [0.15, 0.2) is 48.5 Å². The molecular weight excluding hydrogens is 286 g/mol. The highest BCUT2D eigenvalue weighted by Gasteiger charge is 2.23. The first-order valence-corrected chi connectivity index (χ1v) is 8.04. The van der Waals surface area contributed by atoms with Crippen molar-refractivity contribution in [3.63, 3.8) is 0 Å². The van der Waals surface area contributed by atoms with E-state index in [-0.39, 0.29) is 5.91 Å². The van der Waals surface area contributed by atoms with E-state index in [2.05, 4.69) is 0 Å². The molecule has 0 saturated heterocycles. The molecule has 0 saturated carbocycles. The summed E-state index contributed by atoms with van der Waals surface area (Å²) in [5.74, 6) is 0.801. The fourth-order valence-corrected chi connectivity index (χ4v) is 2.48. The normalized spacial score (nSPS) is 11.8. The van der Waals surface area contributed by atoms with Crippen LogP contribution in [0.4, 0.5) is 0 Å². The van der Waals surface area contributed by atoms with Crippen molar-refractivity contribution < 1.29 is 9.53 Å². The summed E-state index contributed by atoms with van der Waals surface area (Å²) in [7, 11) is 1.82. The van der Waals surface area contributed by atoms with Crippen LogP contribution in [0.25, 0.3) is 0 Å². The third-order valence-corrected chi connectivity index (χ3v) is 3.90. The Morgan fingerprint density at radius 2 is 1.83 bits per heavy atom. The van der Waals surface area contributed by atoms with Gasteiger partial charge in [-0.3, -0.25) is 4.79 Å². The van der Waals surface area contributed by atoms with Gasteiger partial charge in [0.2, 0.25) is 0 Å². The zero-order valence-electron chi connectivity index (χ0n) is 14.4. The Balaban J connectivity index is 2.07. The van der Waals surface area contributed by atoms with Crippen LogP contribution in [0.5, 0.6) is 5.75 Å². The zero-order chi connectivity index (χ0) is 16.8. The predicted octanol–water partition coefficient (Wildman–Crippen LogP) is 4.12. The molecule has 23 heavy (non-hydrogen) atoms. The summed E-state index contributed by atoms with van der Waals surface area (Å²) >= 11 is 0. The number of benzene rings is 2. The van der Waals surface area contributed by atoms with E-state index in [1.165, 1.54) is 0 Å². The second-order valence-corrected chi connectivity index (χ2v) is 5.96. The third-order valence-electron chi connectivity index (χ3n) is 3.90. The van der Waals surface area contributed by atoms with E-state index in [4.69, 9.17) is 4.74 Å². The summed E-state index contributed by atoms with van der Waals surface area (Å²) in [6.45, 7) is 6.59. The molecule has 0 radical (unpaired) electrons. The summed E-state index contributed by atoms with van der Waals surface area (Å²) in [5, 5.41) is 0. The highest BCUT2D eigenvalue weighted by Crippen LogP contribution is 2.22. The number of hydrogen-bond donors (Lipinski definition) is 0. The second kappa shape index (κ2) is 7.82. The smallest absolute Gasteiger partial charge is 0.263 e. The molecular formula is C20H25NO2. The Morgan fingerprint density at radius 1 is 1.13 bits per heavy atom. The van der Waals surface area contributed by atoms with Crippen molar-refractivity contribution in [2.45, 2.75) is 39.8 Å². The average molecular weight is 311 g/mol. The Morgan fingerprint density at radius 3 is 2.48 bits per heavy atom. The van der Waals surface area contributed by atoms with E-state index < -0.39 is 6.10 Å². The molecule has 2 rings (SSSR count). The molecule has 3 nitrogen and oxygen atoms in total. The number of hydrogen-bond acceptors (Lipinski definition) is 2. The summed E-state index contributed by atoms with van der Waals surface area (Å²) in [4.78, 5) is 14.4. The van der Waals surface area contributed by atoms with Crippen LogP contribution in [-0.2, 0) is 11.3 Å². The molecule has 0 fully saturated rings. The van der Waals surface area contributed by atoms with E-state index in [1.807, 2.05) is 76.3 Å². The molecule has 2 aromatic carbocycles. The minimum absolute atomic E-state index is 0.0114. The molecule has 0 unspecified atom stereocenters. The molecule has 1 atom stereocenters. The lowest BCUT2D eigenvalue weighted by molar-refractivity contribution is -0.138. The Hall–Kier alpha value is -2.29. The van der Waals surface area contributed by atoms with Crippen LogP contribution in [0.3, 0.4) is 0 Å². The van der Waals surface area contributed by atoms with Crippen LogP contribution in [0.2, 0.25) is 0 Å². The molecule has 0 bridgehead atoms. The first kappa shape index (κ1) is 17.1. The predicted molar refractivity (Wildman–Crippen MR) is 93.5 cm³/mol. The molecule has 2 aromatic rings. The molecule has 0 N–H and O–H groups in total. The van der Waals surface area contributed by atoms with Gasteiger partial charge in [-0.25, -0.2) is 0 Å². The van der Waals surface area contributed by atoms with Crippen molar-refractivity contribution in [3.8, 4) is 5.75 Å². The van der Waals surface area contributed by atoms with E-state index in [0.29, 0.717) is 13.0 Å².